The number of hydrogen-bond acceptors (Lipinski definition) is 1. The highest BCUT2D eigenvalue weighted by Crippen LogP contribution is 2.55. The number of ketones is 1. The van der Waals surface area contributed by atoms with Crippen LogP contribution in [0.25, 0.3) is 0 Å². The molecule has 0 aromatic heterocycles. The van der Waals surface area contributed by atoms with Crippen molar-refractivity contribution < 1.29 is 4.79 Å². The summed E-state index contributed by atoms with van der Waals surface area (Å²) in [4.78, 5) is 11.8. The van der Waals surface area contributed by atoms with Gasteiger partial charge in [-0.3, -0.25) is 4.79 Å². The van der Waals surface area contributed by atoms with Crippen LogP contribution in [0.5, 0.6) is 0 Å². The summed E-state index contributed by atoms with van der Waals surface area (Å²) in [7, 11) is 0. The summed E-state index contributed by atoms with van der Waals surface area (Å²) in [6.45, 7) is 4.26. The highest BCUT2D eigenvalue weighted by Gasteiger charge is 2.55. The van der Waals surface area contributed by atoms with E-state index in [9.17, 15) is 4.79 Å². The van der Waals surface area contributed by atoms with Gasteiger partial charge in [-0.05, 0) is 50.3 Å². The van der Waals surface area contributed by atoms with Crippen LogP contribution in [0.3, 0.4) is 0 Å². The lowest BCUT2D eigenvalue weighted by Gasteiger charge is -2.21. The van der Waals surface area contributed by atoms with Crippen molar-refractivity contribution in [2.24, 2.45) is 17.3 Å². The Labute approximate surface area is 109 Å². The van der Waals surface area contributed by atoms with Crippen LogP contribution in [0.2, 0.25) is 0 Å². The van der Waals surface area contributed by atoms with Gasteiger partial charge < -0.3 is 0 Å². The molecule has 3 unspecified atom stereocenters. The van der Waals surface area contributed by atoms with Crippen molar-refractivity contribution in [2.45, 2.75) is 33.1 Å². The summed E-state index contributed by atoms with van der Waals surface area (Å²) < 4.78 is 0. The summed E-state index contributed by atoms with van der Waals surface area (Å²) in [5.41, 5.74) is 2.23. The number of carbonyl (C=O) groups is 1. The molecule has 92 valence electrons. The lowest BCUT2D eigenvalue weighted by molar-refractivity contribution is -0.122. The largest absolute Gasteiger partial charge is 0.299 e. The number of benzene rings is 1. The Morgan fingerprint density at radius 2 is 2.17 bits per heavy atom. The molecule has 0 heterocycles. The summed E-state index contributed by atoms with van der Waals surface area (Å²) in [5, 5.41) is 0. The van der Waals surface area contributed by atoms with E-state index in [0.717, 1.165) is 18.4 Å². The van der Waals surface area contributed by atoms with Crippen molar-refractivity contribution in [3.63, 3.8) is 0 Å². The van der Waals surface area contributed by atoms with Crippen LogP contribution in [-0.4, -0.2) is 5.78 Å². The molecule has 0 amide bonds. The predicted molar refractivity (Wildman–Crippen MR) is 72.0 cm³/mol. The number of fused-ring (bicyclic) bond motifs is 2. The third-order valence-electron chi connectivity index (χ3n) is 4.71. The second-order valence-corrected chi connectivity index (χ2v) is 5.90. The SMILES string of the molecule is Cc1cccc(C#CC2(C)C3CCC2C(=O)C3)c1. The standard InChI is InChI=1S/C17H18O/c1-12-4-3-5-13(10-12)8-9-17(2)14-6-7-15(17)16(18)11-14/h3-5,10,14-15H,6-7,11H2,1-2H3. The molecular weight excluding hydrogens is 220 g/mol. The smallest absolute Gasteiger partial charge is 0.137 e. The van der Waals surface area contributed by atoms with Crippen molar-refractivity contribution in [1.29, 1.82) is 0 Å². The molecule has 3 atom stereocenters. The number of rotatable bonds is 0. The molecule has 2 bridgehead atoms. The van der Waals surface area contributed by atoms with Gasteiger partial charge in [0, 0.05) is 23.3 Å². The molecule has 0 radical (unpaired) electrons. The highest BCUT2D eigenvalue weighted by atomic mass is 16.1. The first kappa shape index (κ1) is 11.5. The first-order valence-electron chi connectivity index (χ1n) is 6.72. The van der Waals surface area contributed by atoms with Gasteiger partial charge in [-0.15, -0.1) is 0 Å². The van der Waals surface area contributed by atoms with Gasteiger partial charge >= 0.3 is 0 Å². The van der Waals surface area contributed by atoms with E-state index in [0.29, 0.717) is 11.7 Å². The minimum Gasteiger partial charge on any atom is -0.299 e. The Morgan fingerprint density at radius 3 is 2.78 bits per heavy atom. The van der Waals surface area contributed by atoms with Crippen LogP contribution in [0, 0.1) is 36.0 Å². The minimum atomic E-state index is -0.0686. The average Bonchev–Trinajstić information content (AvgIpc) is 2.77. The Bertz CT molecular complexity index is 560. The lowest BCUT2D eigenvalue weighted by atomic mass is 9.80. The first-order chi connectivity index (χ1) is 8.59. The molecule has 1 heteroatoms. The second kappa shape index (κ2) is 3.99. The predicted octanol–water partition coefficient (Wildman–Crippen LogP) is 3.35. The van der Waals surface area contributed by atoms with Crippen LogP contribution in [0.15, 0.2) is 24.3 Å². The maximum absolute atomic E-state index is 11.8. The molecule has 1 nitrogen and oxygen atoms in total. The van der Waals surface area contributed by atoms with E-state index < -0.39 is 0 Å². The molecule has 0 aliphatic heterocycles. The van der Waals surface area contributed by atoms with Crippen LogP contribution in [0.1, 0.15) is 37.3 Å². The highest BCUT2D eigenvalue weighted by molar-refractivity contribution is 5.86. The molecule has 2 fully saturated rings. The molecule has 1 aromatic carbocycles. The Balaban J connectivity index is 1.92. The maximum atomic E-state index is 11.8. The van der Waals surface area contributed by atoms with Crippen LogP contribution >= 0.6 is 0 Å². The Morgan fingerprint density at radius 1 is 1.33 bits per heavy atom. The van der Waals surface area contributed by atoms with Crippen LogP contribution in [-0.2, 0) is 4.79 Å². The lowest BCUT2D eigenvalue weighted by Crippen LogP contribution is -2.21. The molecule has 1 aromatic rings. The normalized spacial score (nSPS) is 33.3. The first-order valence-corrected chi connectivity index (χ1v) is 6.72. The molecule has 2 aliphatic carbocycles. The number of Topliss-reactive ketones (excluding diaryl/α,β-unsaturated/α-hetero) is 1. The summed E-state index contributed by atoms with van der Waals surface area (Å²) in [6.07, 6.45) is 2.97. The van der Waals surface area contributed by atoms with Crippen LogP contribution in [0.4, 0.5) is 0 Å². The Kier molecular flexibility index (Phi) is 2.55. The average molecular weight is 238 g/mol. The molecular formula is C17H18O. The summed E-state index contributed by atoms with van der Waals surface area (Å²) in [6, 6.07) is 8.27. The van der Waals surface area contributed by atoms with Crippen molar-refractivity contribution in [3.05, 3.63) is 35.4 Å². The van der Waals surface area contributed by atoms with Gasteiger partial charge in [-0.2, -0.15) is 0 Å². The molecule has 0 saturated heterocycles. The van der Waals surface area contributed by atoms with Gasteiger partial charge in [0.2, 0.25) is 0 Å². The van der Waals surface area contributed by atoms with E-state index in [1.165, 1.54) is 12.0 Å². The van der Waals surface area contributed by atoms with Crippen molar-refractivity contribution in [1.82, 2.24) is 0 Å². The molecule has 2 aliphatic rings. The van der Waals surface area contributed by atoms with E-state index in [-0.39, 0.29) is 11.3 Å². The monoisotopic (exact) mass is 238 g/mol. The van der Waals surface area contributed by atoms with E-state index in [1.807, 2.05) is 12.1 Å². The van der Waals surface area contributed by atoms with E-state index in [2.05, 4.69) is 37.8 Å². The van der Waals surface area contributed by atoms with Gasteiger partial charge in [-0.1, -0.05) is 24.0 Å². The fourth-order valence-electron chi connectivity index (χ4n) is 3.57. The number of carbonyl (C=O) groups excluding carboxylic acids is 1. The third kappa shape index (κ3) is 1.68. The van der Waals surface area contributed by atoms with Gasteiger partial charge in [0.1, 0.15) is 5.78 Å². The van der Waals surface area contributed by atoms with Gasteiger partial charge in [-0.25, -0.2) is 0 Å². The maximum Gasteiger partial charge on any atom is 0.137 e. The van der Waals surface area contributed by atoms with Crippen molar-refractivity contribution in [3.8, 4) is 11.8 Å². The topological polar surface area (TPSA) is 17.1 Å². The van der Waals surface area contributed by atoms with Gasteiger partial charge in [0.15, 0.2) is 0 Å². The van der Waals surface area contributed by atoms with Crippen molar-refractivity contribution >= 4 is 5.78 Å². The fraction of sp³-hybridized carbons (Fsp3) is 0.471. The fourth-order valence-corrected chi connectivity index (χ4v) is 3.57. The van der Waals surface area contributed by atoms with E-state index in [4.69, 9.17) is 0 Å². The number of aryl methyl sites for hydroxylation is 1. The molecule has 0 spiro atoms. The zero-order chi connectivity index (χ0) is 12.8. The zero-order valence-electron chi connectivity index (χ0n) is 11.0. The quantitative estimate of drug-likeness (QED) is 0.633. The number of hydrogen-bond donors (Lipinski definition) is 0. The van der Waals surface area contributed by atoms with E-state index in [1.54, 1.807) is 0 Å². The third-order valence-corrected chi connectivity index (χ3v) is 4.71. The molecule has 0 N–H and O–H groups in total. The summed E-state index contributed by atoms with van der Waals surface area (Å²) in [5.74, 6) is 7.83. The van der Waals surface area contributed by atoms with Crippen LogP contribution < -0.4 is 0 Å². The van der Waals surface area contributed by atoms with Gasteiger partial charge in [0.25, 0.3) is 0 Å². The van der Waals surface area contributed by atoms with Gasteiger partial charge in [0.05, 0.1) is 0 Å². The zero-order valence-corrected chi connectivity index (χ0v) is 11.0. The van der Waals surface area contributed by atoms with E-state index >= 15 is 0 Å². The molecule has 3 rings (SSSR count). The molecule has 2 saturated carbocycles. The molecule has 18 heavy (non-hydrogen) atoms. The van der Waals surface area contributed by atoms with Crippen molar-refractivity contribution in [2.75, 3.05) is 0 Å². The minimum absolute atomic E-state index is 0.0686. The summed E-state index contributed by atoms with van der Waals surface area (Å²) >= 11 is 0. The Hall–Kier alpha value is -1.55. The second-order valence-electron chi connectivity index (χ2n) is 5.90.